The number of hydrogen-bond donors (Lipinski definition) is 0. The maximum atomic E-state index is 14.5. The molecule has 0 radical (unpaired) electrons. The van der Waals surface area contributed by atoms with Crippen molar-refractivity contribution in [2.45, 2.75) is 38.5 Å². The van der Waals surface area contributed by atoms with Gasteiger partial charge in [-0.05, 0) is 84.2 Å². The molecule has 1 atom stereocenters. The van der Waals surface area contributed by atoms with Crippen molar-refractivity contribution in [3.05, 3.63) is 105 Å². The van der Waals surface area contributed by atoms with E-state index in [-0.39, 0.29) is 17.3 Å². The number of benzene rings is 3. The average Bonchev–Trinajstić information content (AvgIpc) is 2.74. The van der Waals surface area contributed by atoms with E-state index >= 15 is 0 Å². The van der Waals surface area contributed by atoms with Crippen molar-refractivity contribution in [1.29, 1.82) is 0 Å². The lowest BCUT2D eigenvalue weighted by Crippen LogP contribution is -2.14. The highest BCUT2D eigenvalue weighted by atomic mass is 19.2. The molecule has 3 heteroatoms. The Balaban J connectivity index is 1.55. The van der Waals surface area contributed by atoms with Crippen LogP contribution in [0.25, 0.3) is 0 Å². The summed E-state index contributed by atoms with van der Waals surface area (Å²) < 4.78 is 41.6. The molecule has 0 bridgehead atoms. The predicted octanol–water partition coefficient (Wildman–Crippen LogP) is 6.34. The zero-order valence-electron chi connectivity index (χ0n) is 16.2. The van der Waals surface area contributed by atoms with Gasteiger partial charge in [-0.2, -0.15) is 0 Å². The number of rotatable bonds is 2. The SMILES string of the molecule is CCc1ccc(C2CCc3cc(C#Cc4cccc(F)c4F)ccc3C2)c(F)c1. The normalized spacial score (nSPS) is 15.4. The van der Waals surface area contributed by atoms with Crippen LogP contribution in [0.5, 0.6) is 0 Å². The fourth-order valence-corrected chi connectivity index (χ4v) is 3.96. The Morgan fingerprint density at radius 2 is 1.76 bits per heavy atom. The Bertz CT molecular complexity index is 1120. The average molecular weight is 390 g/mol. The topological polar surface area (TPSA) is 0 Å². The van der Waals surface area contributed by atoms with Gasteiger partial charge in [0.15, 0.2) is 11.6 Å². The molecule has 4 rings (SSSR count). The standard InChI is InChI=1S/C26H21F3/c1-2-17-8-13-23(25(28)15-17)22-12-11-20-14-18(7-10-21(20)16-22)6-9-19-4-3-5-24(27)26(19)29/h3-5,7-8,10,13-15,22H,2,11-12,16H2,1H3. The summed E-state index contributed by atoms with van der Waals surface area (Å²) in [7, 11) is 0. The molecular formula is C26H21F3. The maximum absolute atomic E-state index is 14.5. The van der Waals surface area contributed by atoms with Crippen molar-refractivity contribution in [2.24, 2.45) is 0 Å². The van der Waals surface area contributed by atoms with Gasteiger partial charge in [-0.1, -0.05) is 43.0 Å². The molecule has 3 aromatic rings. The largest absolute Gasteiger partial charge is 0.207 e. The minimum absolute atomic E-state index is 0.0498. The van der Waals surface area contributed by atoms with E-state index in [1.54, 1.807) is 6.07 Å². The molecule has 146 valence electrons. The molecule has 0 saturated heterocycles. The summed E-state index contributed by atoms with van der Waals surface area (Å²) in [5.74, 6) is 3.89. The molecule has 3 aromatic carbocycles. The van der Waals surface area contributed by atoms with Crippen molar-refractivity contribution < 1.29 is 13.2 Å². The van der Waals surface area contributed by atoms with Gasteiger partial charge in [0.25, 0.3) is 0 Å². The number of fused-ring (bicyclic) bond motifs is 1. The Kier molecular flexibility index (Phi) is 5.45. The summed E-state index contributed by atoms with van der Waals surface area (Å²) >= 11 is 0. The highest BCUT2D eigenvalue weighted by molar-refractivity contribution is 5.47. The summed E-state index contributed by atoms with van der Waals surface area (Å²) in [6.45, 7) is 2.02. The molecule has 0 aliphatic heterocycles. The van der Waals surface area contributed by atoms with Crippen molar-refractivity contribution in [3.8, 4) is 11.8 Å². The van der Waals surface area contributed by atoms with Crippen LogP contribution in [0.2, 0.25) is 0 Å². The van der Waals surface area contributed by atoms with E-state index in [9.17, 15) is 13.2 Å². The zero-order chi connectivity index (χ0) is 20.4. The third-order valence-electron chi connectivity index (χ3n) is 5.64. The molecule has 0 fully saturated rings. The Labute approximate surface area is 169 Å². The van der Waals surface area contributed by atoms with Crippen LogP contribution >= 0.6 is 0 Å². The second-order valence-corrected chi connectivity index (χ2v) is 7.48. The molecule has 0 aromatic heterocycles. The Hall–Kier alpha value is -2.99. The first-order valence-corrected chi connectivity index (χ1v) is 9.91. The van der Waals surface area contributed by atoms with Crippen molar-refractivity contribution >= 4 is 0 Å². The first kappa shape index (κ1) is 19.3. The highest BCUT2D eigenvalue weighted by Gasteiger charge is 2.22. The minimum atomic E-state index is -0.920. The van der Waals surface area contributed by atoms with E-state index in [0.717, 1.165) is 48.4 Å². The summed E-state index contributed by atoms with van der Waals surface area (Å²) in [6, 6.07) is 15.5. The first-order chi connectivity index (χ1) is 14.0. The molecule has 29 heavy (non-hydrogen) atoms. The van der Waals surface area contributed by atoms with Gasteiger partial charge in [0, 0.05) is 5.56 Å². The van der Waals surface area contributed by atoms with Crippen LogP contribution in [0, 0.1) is 29.3 Å². The van der Waals surface area contributed by atoms with Crippen LogP contribution in [-0.4, -0.2) is 0 Å². The molecule has 0 heterocycles. The molecular weight excluding hydrogens is 369 g/mol. The molecule has 1 aliphatic carbocycles. The van der Waals surface area contributed by atoms with Gasteiger partial charge in [0.1, 0.15) is 5.82 Å². The zero-order valence-corrected chi connectivity index (χ0v) is 16.2. The second-order valence-electron chi connectivity index (χ2n) is 7.48. The minimum Gasteiger partial charge on any atom is -0.207 e. The van der Waals surface area contributed by atoms with Gasteiger partial charge < -0.3 is 0 Å². The molecule has 0 spiro atoms. The Morgan fingerprint density at radius 1 is 0.897 bits per heavy atom. The third-order valence-corrected chi connectivity index (χ3v) is 5.64. The van der Waals surface area contributed by atoms with Gasteiger partial charge >= 0.3 is 0 Å². The van der Waals surface area contributed by atoms with Gasteiger partial charge in [-0.25, -0.2) is 13.2 Å². The lowest BCUT2D eigenvalue weighted by Gasteiger charge is -2.25. The lowest BCUT2D eigenvalue weighted by atomic mass is 9.79. The van der Waals surface area contributed by atoms with E-state index in [1.165, 1.54) is 23.3 Å². The number of aryl methyl sites for hydroxylation is 2. The fraction of sp³-hybridized carbons (Fsp3) is 0.231. The molecule has 1 unspecified atom stereocenters. The van der Waals surface area contributed by atoms with Crippen LogP contribution < -0.4 is 0 Å². The first-order valence-electron chi connectivity index (χ1n) is 9.91. The molecule has 0 nitrogen and oxygen atoms in total. The summed E-state index contributed by atoms with van der Waals surface area (Å²) in [4.78, 5) is 0. The van der Waals surface area contributed by atoms with Crippen molar-refractivity contribution in [2.75, 3.05) is 0 Å². The van der Waals surface area contributed by atoms with Crippen molar-refractivity contribution in [3.63, 3.8) is 0 Å². The quantitative estimate of drug-likeness (QED) is 0.448. The maximum Gasteiger partial charge on any atom is 0.174 e. The number of halogens is 3. The van der Waals surface area contributed by atoms with E-state index in [2.05, 4.69) is 11.8 Å². The summed E-state index contributed by atoms with van der Waals surface area (Å²) in [5, 5.41) is 0. The second kappa shape index (κ2) is 8.17. The monoisotopic (exact) mass is 390 g/mol. The van der Waals surface area contributed by atoms with Crippen LogP contribution in [-0.2, 0) is 19.3 Å². The smallest absolute Gasteiger partial charge is 0.174 e. The van der Waals surface area contributed by atoms with Gasteiger partial charge in [0.05, 0.1) is 5.56 Å². The van der Waals surface area contributed by atoms with Crippen LogP contribution in [0.3, 0.4) is 0 Å². The summed E-state index contributed by atoms with van der Waals surface area (Å²) in [5.41, 5.74) is 5.01. The molecule has 1 aliphatic rings. The predicted molar refractivity (Wildman–Crippen MR) is 109 cm³/mol. The van der Waals surface area contributed by atoms with E-state index in [4.69, 9.17) is 0 Å². The Morgan fingerprint density at radius 3 is 2.55 bits per heavy atom. The summed E-state index contributed by atoms with van der Waals surface area (Å²) in [6.07, 6.45) is 3.35. The lowest BCUT2D eigenvalue weighted by molar-refractivity contribution is 0.506. The third kappa shape index (κ3) is 4.07. The van der Waals surface area contributed by atoms with E-state index < -0.39 is 11.6 Å². The van der Waals surface area contributed by atoms with E-state index in [1.807, 2.05) is 37.3 Å². The van der Waals surface area contributed by atoms with E-state index in [0.29, 0.717) is 0 Å². The van der Waals surface area contributed by atoms with Crippen LogP contribution in [0.4, 0.5) is 13.2 Å². The molecule has 0 amide bonds. The molecule has 0 saturated carbocycles. The van der Waals surface area contributed by atoms with Gasteiger partial charge in [-0.15, -0.1) is 0 Å². The van der Waals surface area contributed by atoms with Gasteiger partial charge in [-0.3, -0.25) is 0 Å². The number of hydrogen-bond acceptors (Lipinski definition) is 0. The highest BCUT2D eigenvalue weighted by Crippen LogP contribution is 2.34. The van der Waals surface area contributed by atoms with Gasteiger partial charge in [0.2, 0.25) is 0 Å². The molecule has 0 N–H and O–H groups in total. The van der Waals surface area contributed by atoms with Crippen LogP contribution in [0.15, 0.2) is 54.6 Å². The van der Waals surface area contributed by atoms with Crippen molar-refractivity contribution in [1.82, 2.24) is 0 Å². The fourth-order valence-electron chi connectivity index (χ4n) is 3.96. The van der Waals surface area contributed by atoms with Crippen LogP contribution in [0.1, 0.15) is 52.6 Å².